The van der Waals surface area contributed by atoms with Crippen LogP contribution in [0.4, 0.5) is 0 Å². The van der Waals surface area contributed by atoms with Crippen LogP contribution in [0.2, 0.25) is 0 Å². The smallest absolute Gasteiger partial charge is 0.231 e. The average Bonchev–Trinajstić information content (AvgIpc) is 3.08. The van der Waals surface area contributed by atoms with E-state index in [1.165, 1.54) is 22.3 Å². The number of rotatable bonds is 0. The van der Waals surface area contributed by atoms with Gasteiger partial charge in [-0.1, -0.05) is 12.1 Å². The molecule has 0 saturated carbocycles. The first-order chi connectivity index (χ1) is 11.9. The summed E-state index contributed by atoms with van der Waals surface area (Å²) in [7, 11) is 0. The second-order valence-electron chi connectivity index (χ2n) is 6.72. The lowest BCUT2D eigenvalue weighted by molar-refractivity contribution is -0.153. The molecule has 2 aromatic rings. The molecule has 122 valence electrons. The van der Waals surface area contributed by atoms with Gasteiger partial charge in [-0.25, -0.2) is 0 Å². The fraction of sp³-hybridized carbons (Fsp3) is 0.368. The van der Waals surface area contributed by atoms with Crippen LogP contribution in [0.15, 0.2) is 30.3 Å². The van der Waals surface area contributed by atoms with Gasteiger partial charge in [-0.05, 0) is 47.7 Å². The molecule has 0 radical (unpaired) electrons. The summed E-state index contributed by atoms with van der Waals surface area (Å²) < 4.78 is 22.9. The number of ether oxygens (including phenoxy) is 4. The fourth-order valence-electron chi connectivity index (χ4n) is 4.51. The van der Waals surface area contributed by atoms with E-state index in [4.69, 9.17) is 18.9 Å². The first-order valence-electron chi connectivity index (χ1n) is 8.43. The Bertz CT molecular complexity index is 850. The highest BCUT2D eigenvalue weighted by Gasteiger charge is 2.42. The Kier molecular flexibility index (Phi) is 2.54. The number of fused-ring (bicyclic) bond motifs is 5. The highest BCUT2D eigenvalue weighted by Crippen LogP contribution is 2.50. The van der Waals surface area contributed by atoms with Crippen molar-refractivity contribution in [2.24, 2.45) is 0 Å². The quantitative estimate of drug-likeness (QED) is 0.745. The van der Waals surface area contributed by atoms with Gasteiger partial charge < -0.3 is 18.9 Å². The number of benzene rings is 2. The van der Waals surface area contributed by atoms with Crippen molar-refractivity contribution in [2.45, 2.75) is 25.1 Å². The van der Waals surface area contributed by atoms with Gasteiger partial charge in [0.2, 0.25) is 6.79 Å². The first-order valence-corrected chi connectivity index (χ1v) is 8.43. The predicted octanol–water partition coefficient (Wildman–Crippen LogP) is 2.94. The van der Waals surface area contributed by atoms with E-state index in [1.54, 1.807) is 0 Å². The Hall–Kier alpha value is -2.24. The van der Waals surface area contributed by atoms with Crippen LogP contribution >= 0.6 is 0 Å². The van der Waals surface area contributed by atoms with E-state index < -0.39 is 0 Å². The van der Waals surface area contributed by atoms with Gasteiger partial charge in [0.25, 0.3) is 0 Å². The third kappa shape index (κ3) is 1.66. The van der Waals surface area contributed by atoms with Gasteiger partial charge in [-0.15, -0.1) is 0 Å². The monoisotopic (exact) mass is 323 g/mol. The maximum atomic E-state index is 6.01. The van der Waals surface area contributed by atoms with Crippen molar-refractivity contribution in [3.05, 3.63) is 52.6 Å². The second kappa shape index (κ2) is 4.65. The maximum absolute atomic E-state index is 6.01. The van der Waals surface area contributed by atoms with Crippen molar-refractivity contribution in [1.82, 2.24) is 4.90 Å². The van der Waals surface area contributed by atoms with E-state index in [-0.39, 0.29) is 6.23 Å². The Morgan fingerprint density at radius 1 is 0.917 bits per heavy atom. The summed E-state index contributed by atoms with van der Waals surface area (Å²) in [5.74, 6) is 2.71. The van der Waals surface area contributed by atoms with Gasteiger partial charge in [0, 0.05) is 18.2 Å². The van der Waals surface area contributed by atoms with Gasteiger partial charge in [0.15, 0.2) is 18.3 Å². The summed E-state index contributed by atoms with van der Waals surface area (Å²) in [6.07, 6.45) is 1.96. The van der Waals surface area contributed by atoms with Crippen molar-refractivity contribution in [3.8, 4) is 17.2 Å². The summed E-state index contributed by atoms with van der Waals surface area (Å²) >= 11 is 0. The van der Waals surface area contributed by atoms with Crippen molar-refractivity contribution < 1.29 is 18.9 Å². The third-order valence-corrected chi connectivity index (χ3v) is 5.59. The lowest BCUT2D eigenvalue weighted by atomic mass is 9.82. The molecule has 4 aliphatic rings. The molecule has 2 atom stereocenters. The molecule has 0 aromatic heterocycles. The normalized spacial score (nSPS) is 26.2. The topological polar surface area (TPSA) is 40.2 Å². The van der Waals surface area contributed by atoms with Crippen LogP contribution in [0.5, 0.6) is 17.2 Å². The molecule has 5 nitrogen and oxygen atoms in total. The van der Waals surface area contributed by atoms with Gasteiger partial charge in [-0.2, -0.15) is 0 Å². The second-order valence-corrected chi connectivity index (χ2v) is 6.72. The van der Waals surface area contributed by atoms with Crippen LogP contribution in [0, 0.1) is 0 Å². The largest absolute Gasteiger partial charge is 0.467 e. The van der Waals surface area contributed by atoms with E-state index in [9.17, 15) is 0 Å². The lowest BCUT2D eigenvalue weighted by Gasteiger charge is -2.47. The van der Waals surface area contributed by atoms with Crippen LogP contribution < -0.4 is 14.2 Å². The Morgan fingerprint density at radius 2 is 1.79 bits per heavy atom. The van der Waals surface area contributed by atoms with Crippen molar-refractivity contribution in [2.75, 3.05) is 20.1 Å². The fourth-order valence-corrected chi connectivity index (χ4v) is 4.51. The van der Waals surface area contributed by atoms with Crippen LogP contribution in [0.1, 0.15) is 34.5 Å². The Labute approximate surface area is 139 Å². The highest BCUT2D eigenvalue weighted by atomic mass is 16.7. The van der Waals surface area contributed by atoms with Crippen molar-refractivity contribution in [3.63, 3.8) is 0 Å². The molecule has 2 unspecified atom stereocenters. The minimum Gasteiger partial charge on any atom is -0.467 e. The third-order valence-electron chi connectivity index (χ3n) is 5.59. The summed E-state index contributed by atoms with van der Waals surface area (Å²) in [4.78, 5) is 2.47. The number of nitrogens with zero attached hydrogens (tertiary/aromatic N) is 1. The summed E-state index contributed by atoms with van der Waals surface area (Å²) in [6.45, 7) is 1.62. The van der Waals surface area contributed by atoms with E-state index >= 15 is 0 Å². The lowest BCUT2D eigenvalue weighted by Crippen LogP contribution is -2.45. The molecular weight excluding hydrogens is 306 g/mol. The standard InChI is InChI=1S/C19H17NO4/c1-2-12-6-14-13-8-17-16(22-9-23-17)7-11(13)4-5-20(14)19-18(12)15(3-1)21-10-24-19/h1-3,7-8,14,19H,4-6,9-10H2. The van der Waals surface area contributed by atoms with Crippen LogP contribution in [-0.2, 0) is 17.6 Å². The zero-order chi connectivity index (χ0) is 15.7. The molecule has 2 aromatic carbocycles. The van der Waals surface area contributed by atoms with Crippen LogP contribution in [0.25, 0.3) is 0 Å². The number of hydrogen-bond donors (Lipinski definition) is 0. The molecule has 4 heterocycles. The van der Waals surface area contributed by atoms with E-state index in [1.807, 2.05) is 6.07 Å². The number of hydrogen-bond acceptors (Lipinski definition) is 5. The van der Waals surface area contributed by atoms with Gasteiger partial charge in [-0.3, -0.25) is 4.90 Å². The summed E-state index contributed by atoms with van der Waals surface area (Å²) in [5.41, 5.74) is 5.25. The van der Waals surface area contributed by atoms with E-state index in [2.05, 4.69) is 29.2 Å². The molecule has 0 spiro atoms. The molecule has 4 aliphatic heterocycles. The predicted molar refractivity (Wildman–Crippen MR) is 85.2 cm³/mol. The summed E-state index contributed by atoms with van der Waals surface area (Å²) in [6, 6.07) is 11.0. The maximum Gasteiger partial charge on any atom is 0.231 e. The Morgan fingerprint density at radius 3 is 2.75 bits per heavy atom. The van der Waals surface area contributed by atoms with Crippen LogP contribution in [0.3, 0.4) is 0 Å². The zero-order valence-corrected chi connectivity index (χ0v) is 13.2. The minimum atomic E-state index is -0.0118. The molecule has 0 N–H and O–H groups in total. The van der Waals surface area contributed by atoms with Gasteiger partial charge >= 0.3 is 0 Å². The summed E-state index contributed by atoms with van der Waals surface area (Å²) in [5, 5.41) is 0. The average molecular weight is 323 g/mol. The van der Waals surface area contributed by atoms with Crippen molar-refractivity contribution >= 4 is 0 Å². The molecule has 0 fully saturated rings. The van der Waals surface area contributed by atoms with Gasteiger partial charge in [0.1, 0.15) is 12.0 Å². The van der Waals surface area contributed by atoms with Crippen molar-refractivity contribution in [1.29, 1.82) is 0 Å². The zero-order valence-electron chi connectivity index (χ0n) is 13.2. The SMILES string of the molecule is c1cc2c3c(c1)OCOC3N1CCc3cc4c(cc3C1C2)OCO4. The highest BCUT2D eigenvalue weighted by molar-refractivity contribution is 5.53. The minimum absolute atomic E-state index is 0.0118. The molecule has 24 heavy (non-hydrogen) atoms. The molecule has 0 aliphatic carbocycles. The van der Waals surface area contributed by atoms with Gasteiger partial charge in [0.05, 0.1) is 0 Å². The molecular formula is C19H17NO4. The van der Waals surface area contributed by atoms with Crippen LogP contribution in [-0.4, -0.2) is 25.0 Å². The molecule has 0 amide bonds. The van der Waals surface area contributed by atoms with E-state index in [0.29, 0.717) is 19.6 Å². The molecule has 5 heteroatoms. The van der Waals surface area contributed by atoms with E-state index in [0.717, 1.165) is 36.6 Å². The molecule has 6 rings (SSSR count). The molecule has 0 saturated heterocycles. The first kappa shape index (κ1) is 13.1. The Balaban J connectivity index is 1.51. The molecule has 0 bridgehead atoms.